The van der Waals surface area contributed by atoms with Gasteiger partial charge in [-0.05, 0) is 46.8 Å². The quantitative estimate of drug-likeness (QED) is 0.770. The van der Waals surface area contributed by atoms with Gasteiger partial charge >= 0.3 is 0 Å². The van der Waals surface area contributed by atoms with E-state index in [9.17, 15) is 4.79 Å². The van der Waals surface area contributed by atoms with Crippen LogP contribution in [0.5, 0.6) is 11.5 Å². The van der Waals surface area contributed by atoms with E-state index in [0.29, 0.717) is 24.5 Å². The van der Waals surface area contributed by atoms with Crippen LogP contribution in [0.25, 0.3) is 5.69 Å². The Labute approximate surface area is 143 Å². The van der Waals surface area contributed by atoms with Crippen molar-refractivity contribution in [2.75, 3.05) is 13.2 Å². The fourth-order valence-electron chi connectivity index (χ4n) is 2.52. The van der Waals surface area contributed by atoms with Crippen LogP contribution >= 0.6 is 0 Å². The maximum atomic E-state index is 12.3. The molecule has 2 aromatic carbocycles. The van der Waals surface area contributed by atoms with Gasteiger partial charge in [0.2, 0.25) is 0 Å². The molecular formula is C17H15N5O3. The number of aromatic nitrogens is 4. The Hall–Kier alpha value is -3.42. The topological polar surface area (TPSA) is 91.2 Å². The Balaban J connectivity index is 1.35. The van der Waals surface area contributed by atoms with E-state index >= 15 is 0 Å². The summed E-state index contributed by atoms with van der Waals surface area (Å²) in [6.45, 7) is 0.761. The standard InChI is InChI=1S/C17H15N5O3/c23-17(12-5-7-13(8-6-12)22-11-19-20-21-22)18-9-14-10-24-15-3-1-2-4-16(15)25-14/h1-8,11,14H,9-10H2,(H,18,23)/t14-/m0/s1. The van der Waals surface area contributed by atoms with E-state index in [0.717, 1.165) is 11.4 Å². The molecule has 4 rings (SSSR count). The Kier molecular flexibility index (Phi) is 3.99. The Morgan fingerprint density at radius 1 is 1.16 bits per heavy atom. The number of rotatable bonds is 4. The molecule has 0 unspecified atom stereocenters. The fourth-order valence-corrected chi connectivity index (χ4v) is 2.52. The van der Waals surface area contributed by atoms with Crippen LogP contribution in [-0.2, 0) is 0 Å². The number of hydrogen-bond acceptors (Lipinski definition) is 6. The maximum absolute atomic E-state index is 12.3. The number of ether oxygens (including phenoxy) is 2. The summed E-state index contributed by atoms with van der Waals surface area (Å²) in [6, 6.07) is 14.5. The minimum atomic E-state index is -0.223. The number of carbonyl (C=O) groups is 1. The molecule has 0 fully saturated rings. The van der Waals surface area contributed by atoms with E-state index < -0.39 is 0 Å². The lowest BCUT2D eigenvalue weighted by molar-refractivity contribution is 0.0789. The van der Waals surface area contributed by atoms with Crippen LogP contribution in [0.4, 0.5) is 0 Å². The summed E-state index contributed by atoms with van der Waals surface area (Å²) in [6.07, 6.45) is 1.27. The average Bonchev–Trinajstić information content (AvgIpc) is 3.21. The van der Waals surface area contributed by atoms with Gasteiger partial charge in [-0.2, -0.15) is 0 Å². The first kappa shape index (κ1) is 15.1. The van der Waals surface area contributed by atoms with Crippen molar-refractivity contribution in [1.29, 1.82) is 0 Å². The van der Waals surface area contributed by atoms with Crippen LogP contribution in [0.3, 0.4) is 0 Å². The van der Waals surface area contributed by atoms with Crippen molar-refractivity contribution in [3.63, 3.8) is 0 Å². The third kappa shape index (κ3) is 3.27. The van der Waals surface area contributed by atoms with E-state index in [1.54, 1.807) is 24.3 Å². The number of tetrazole rings is 1. The minimum Gasteiger partial charge on any atom is -0.486 e. The molecule has 1 atom stereocenters. The van der Waals surface area contributed by atoms with Gasteiger partial charge in [0, 0.05) is 5.56 Å². The SMILES string of the molecule is O=C(NC[C@H]1COc2ccccc2O1)c1ccc(-n2cnnn2)cc1. The van der Waals surface area contributed by atoms with Gasteiger partial charge in [0.05, 0.1) is 12.2 Å². The first-order chi connectivity index (χ1) is 12.3. The summed E-state index contributed by atoms with van der Waals surface area (Å²) in [5, 5.41) is 13.8. The largest absolute Gasteiger partial charge is 0.486 e. The second-order valence-electron chi connectivity index (χ2n) is 5.51. The number of benzene rings is 2. The first-order valence-electron chi connectivity index (χ1n) is 7.80. The molecule has 0 bridgehead atoms. The summed E-state index contributed by atoms with van der Waals surface area (Å²) in [5.74, 6) is 1.24. The normalized spacial score (nSPS) is 15.6. The molecule has 1 aromatic heterocycles. The lowest BCUT2D eigenvalue weighted by atomic mass is 10.2. The molecule has 0 aliphatic carbocycles. The summed E-state index contributed by atoms with van der Waals surface area (Å²) in [4.78, 5) is 12.3. The predicted octanol–water partition coefficient (Wildman–Crippen LogP) is 1.23. The Morgan fingerprint density at radius 2 is 1.96 bits per heavy atom. The smallest absolute Gasteiger partial charge is 0.251 e. The van der Waals surface area contributed by atoms with Crippen LogP contribution < -0.4 is 14.8 Å². The van der Waals surface area contributed by atoms with Crippen molar-refractivity contribution < 1.29 is 14.3 Å². The van der Waals surface area contributed by atoms with Crippen molar-refractivity contribution in [1.82, 2.24) is 25.5 Å². The number of fused-ring (bicyclic) bond motifs is 1. The van der Waals surface area contributed by atoms with Gasteiger partial charge in [-0.1, -0.05) is 12.1 Å². The van der Waals surface area contributed by atoms with E-state index in [4.69, 9.17) is 9.47 Å². The zero-order chi connectivity index (χ0) is 17.1. The fraction of sp³-hybridized carbons (Fsp3) is 0.176. The molecule has 3 aromatic rings. The van der Waals surface area contributed by atoms with Crippen molar-refractivity contribution in [2.45, 2.75) is 6.10 Å². The van der Waals surface area contributed by atoms with E-state index in [-0.39, 0.29) is 12.0 Å². The van der Waals surface area contributed by atoms with Crippen molar-refractivity contribution in [3.8, 4) is 17.2 Å². The van der Waals surface area contributed by atoms with Crippen LogP contribution in [0.1, 0.15) is 10.4 Å². The number of nitrogens with one attached hydrogen (secondary N) is 1. The van der Waals surface area contributed by atoms with Crippen LogP contribution in [0.2, 0.25) is 0 Å². The zero-order valence-electron chi connectivity index (χ0n) is 13.2. The van der Waals surface area contributed by atoms with Crippen LogP contribution in [0, 0.1) is 0 Å². The third-order valence-corrected chi connectivity index (χ3v) is 3.80. The highest BCUT2D eigenvalue weighted by atomic mass is 16.6. The highest BCUT2D eigenvalue weighted by molar-refractivity contribution is 5.94. The highest BCUT2D eigenvalue weighted by Crippen LogP contribution is 2.30. The maximum Gasteiger partial charge on any atom is 0.251 e. The molecule has 8 nitrogen and oxygen atoms in total. The number of nitrogens with zero attached hydrogens (tertiary/aromatic N) is 4. The summed E-state index contributed by atoms with van der Waals surface area (Å²) >= 11 is 0. The monoisotopic (exact) mass is 337 g/mol. The van der Waals surface area contributed by atoms with E-state index in [1.807, 2.05) is 24.3 Å². The zero-order valence-corrected chi connectivity index (χ0v) is 13.2. The highest BCUT2D eigenvalue weighted by Gasteiger charge is 2.21. The van der Waals surface area contributed by atoms with Crippen molar-refractivity contribution in [3.05, 3.63) is 60.4 Å². The van der Waals surface area contributed by atoms with E-state index in [2.05, 4.69) is 20.8 Å². The molecular weight excluding hydrogens is 322 g/mol. The second kappa shape index (κ2) is 6.60. The second-order valence-corrected chi connectivity index (χ2v) is 5.51. The van der Waals surface area contributed by atoms with Crippen LogP contribution in [0.15, 0.2) is 54.9 Å². The van der Waals surface area contributed by atoms with Crippen molar-refractivity contribution >= 4 is 5.91 Å². The Bertz CT molecular complexity index is 864. The van der Waals surface area contributed by atoms with E-state index in [1.165, 1.54) is 11.0 Å². The molecule has 126 valence electrons. The van der Waals surface area contributed by atoms with Gasteiger partial charge < -0.3 is 14.8 Å². The number of para-hydroxylation sites is 2. The average molecular weight is 337 g/mol. The predicted molar refractivity (Wildman–Crippen MR) is 87.8 cm³/mol. The molecule has 0 saturated carbocycles. The van der Waals surface area contributed by atoms with Gasteiger partial charge in [0.15, 0.2) is 11.5 Å². The molecule has 0 saturated heterocycles. The molecule has 8 heteroatoms. The lowest BCUT2D eigenvalue weighted by Gasteiger charge is -2.26. The van der Waals surface area contributed by atoms with Crippen molar-refractivity contribution in [2.24, 2.45) is 0 Å². The molecule has 0 radical (unpaired) electrons. The molecule has 1 N–H and O–H groups in total. The first-order valence-corrected chi connectivity index (χ1v) is 7.80. The van der Waals surface area contributed by atoms with Gasteiger partial charge in [0.25, 0.3) is 5.91 Å². The molecule has 25 heavy (non-hydrogen) atoms. The number of carbonyl (C=O) groups excluding carboxylic acids is 1. The molecule has 1 aliphatic heterocycles. The summed E-state index contributed by atoms with van der Waals surface area (Å²) < 4.78 is 13.0. The molecule has 1 amide bonds. The van der Waals surface area contributed by atoms with Gasteiger partial charge in [0.1, 0.15) is 19.0 Å². The lowest BCUT2D eigenvalue weighted by Crippen LogP contribution is -2.40. The summed E-state index contributed by atoms with van der Waals surface area (Å²) in [5.41, 5.74) is 1.33. The summed E-state index contributed by atoms with van der Waals surface area (Å²) in [7, 11) is 0. The number of amides is 1. The van der Waals surface area contributed by atoms with Gasteiger partial charge in [-0.25, -0.2) is 4.68 Å². The van der Waals surface area contributed by atoms with Gasteiger partial charge in [-0.15, -0.1) is 5.10 Å². The van der Waals surface area contributed by atoms with Gasteiger partial charge in [-0.3, -0.25) is 4.79 Å². The molecule has 1 aliphatic rings. The third-order valence-electron chi connectivity index (χ3n) is 3.80. The minimum absolute atomic E-state index is 0.175. The number of hydrogen-bond donors (Lipinski definition) is 1. The molecule has 0 spiro atoms. The Morgan fingerprint density at radius 3 is 2.72 bits per heavy atom. The van der Waals surface area contributed by atoms with Crippen LogP contribution in [-0.4, -0.2) is 45.4 Å². The molecule has 2 heterocycles.